The number of para-hydroxylation sites is 1. The lowest BCUT2D eigenvalue weighted by molar-refractivity contribution is -0.409. The molecule has 1 aromatic rings. The average Bonchev–Trinajstić information content (AvgIpc) is 2.29. The van der Waals surface area contributed by atoms with Gasteiger partial charge in [-0.25, -0.2) is 4.79 Å². The summed E-state index contributed by atoms with van der Waals surface area (Å²) in [6, 6.07) is 9.75. The van der Waals surface area contributed by atoms with Gasteiger partial charge in [0.05, 0.1) is 20.6 Å². The van der Waals surface area contributed by atoms with Crippen molar-refractivity contribution < 1.29 is 40.4 Å². The number of hydrogen-bond acceptors (Lipinski definition) is 1. The maximum absolute atomic E-state index is 10.7. The van der Waals surface area contributed by atoms with Crippen LogP contribution in [0.15, 0.2) is 30.3 Å². The first kappa shape index (κ1) is 20.5. The Labute approximate surface area is 127 Å². The monoisotopic (exact) mass is 308 g/mol. The first-order chi connectivity index (χ1) is 7.93. The van der Waals surface area contributed by atoms with Gasteiger partial charge in [0, 0.05) is 12.8 Å². The summed E-state index contributed by atoms with van der Waals surface area (Å²) in [5.41, 5.74) is 4.86. The highest BCUT2D eigenvalue weighted by molar-refractivity contribution is 5.71. The van der Waals surface area contributed by atoms with E-state index in [1.807, 2.05) is 18.2 Å². The summed E-state index contributed by atoms with van der Waals surface area (Å²) in [6.07, 6.45) is 1.49. The number of benzene rings is 1. The molecule has 1 aromatic carbocycles. The molecule has 0 heterocycles. The van der Waals surface area contributed by atoms with E-state index in [1.54, 1.807) is 0 Å². The zero-order valence-electron chi connectivity index (χ0n) is 11.4. The molecule has 0 aliphatic rings. The summed E-state index contributed by atoms with van der Waals surface area (Å²) in [7, 11) is 4.27. The van der Waals surface area contributed by atoms with E-state index in [1.165, 1.54) is 5.69 Å². The van der Waals surface area contributed by atoms with Crippen LogP contribution in [0.5, 0.6) is 0 Å². The maximum Gasteiger partial charge on any atom is 0.362 e. The van der Waals surface area contributed by atoms with Crippen molar-refractivity contribution >= 4 is 11.7 Å². The molecule has 0 aromatic heterocycles. The molecule has 0 amide bonds. The van der Waals surface area contributed by atoms with Crippen LogP contribution in [0.3, 0.4) is 0 Å². The number of hydrogen-bond donors (Lipinski definition) is 2. The third kappa shape index (κ3) is 6.78. The molecule has 0 unspecified atom stereocenters. The third-order valence-electron chi connectivity index (χ3n) is 3.07. The Hall–Kier alpha value is -0.810. The number of aliphatic carboxylic acids is 1. The molecule has 6 heteroatoms. The fourth-order valence-electron chi connectivity index (χ4n) is 1.82. The van der Waals surface area contributed by atoms with E-state index in [2.05, 4.69) is 32.0 Å². The minimum absolute atomic E-state index is 0. The van der Waals surface area contributed by atoms with Gasteiger partial charge in [0.25, 0.3) is 0 Å². The van der Waals surface area contributed by atoms with Gasteiger partial charge in [-0.05, 0) is 12.1 Å². The Morgan fingerprint density at radius 1 is 1.26 bits per heavy atom. The molecule has 0 aliphatic carbocycles. The minimum Gasteiger partial charge on any atom is -1.00 e. The van der Waals surface area contributed by atoms with Crippen LogP contribution < -0.4 is 35.0 Å². The molecule has 1 rings (SSSR count). The molecule has 0 aliphatic heterocycles. The van der Waals surface area contributed by atoms with Crippen LogP contribution in [0.1, 0.15) is 12.8 Å². The molecule has 0 radical (unpaired) electrons. The van der Waals surface area contributed by atoms with Crippen molar-refractivity contribution in [3.63, 3.8) is 0 Å². The molecule has 1 atom stereocenters. The second-order valence-corrected chi connectivity index (χ2v) is 4.92. The van der Waals surface area contributed by atoms with Gasteiger partial charge in [-0.1, -0.05) is 18.2 Å². The number of carboxylic acid groups (broad SMARTS) is 1. The van der Waals surface area contributed by atoms with E-state index in [-0.39, 0.29) is 24.8 Å². The predicted molar refractivity (Wildman–Crippen MR) is 68.5 cm³/mol. The second-order valence-electron chi connectivity index (χ2n) is 4.92. The van der Waals surface area contributed by atoms with Gasteiger partial charge in [-0.15, -0.1) is 0 Å². The number of carbonyl (C=O) groups is 1. The fourth-order valence-corrected chi connectivity index (χ4v) is 1.82. The highest BCUT2D eigenvalue weighted by Gasteiger charge is 2.21. The summed E-state index contributed by atoms with van der Waals surface area (Å²) < 4.78 is 0.771. The normalized spacial score (nSPS) is 11.9. The Morgan fingerprint density at radius 3 is 2.26 bits per heavy atom. The highest BCUT2D eigenvalue weighted by Crippen LogP contribution is 2.18. The molecular weight excluding hydrogens is 287 g/mol. The Kier molecular flexibility index (Phi) is 9.88. The lowest BCUT2D eigenvalue weighted by Crippen LogP contribution is -3.00. The topological polar surface area (TPSA) is 64.9 Å². The zero-order valence-corrected chi connectivity index (χ0v) is 12.9. The summed E-state index contributed by atoms with van der Waals surface area (Å²) >= 11 is 0. The van der Waals surface area contributed by atoms with Crippen LogP contribution in [0, 0.1) is 0 Å². The van der Waals surface area contributed by atoms with Gasteiger partial charge in [-0.3, -0.25) is 4.48 Å². The smallest absolute Gasteiger partial charge is 0.362 e. The Morgan fingerprint density at radius 2 is 1.79 bits per heavy atom. The van der Waals surface area contributed by atoms with E-state index in [0.29, 0.717) is 6.42 Å². The first-order valence-electron chi connectivity index (χ1n) is 5.88. The lowest BCUT2D eigenvalue weighted by Gasteiger charge is -2.29. The number of carboxylic acids is 1. The van der Waals surface area contributed by atoms with E-state index < -0.39 is 12.0 Å². The highest BCUT2D eigenvalue weighted by atomic mass is 35.5. The average molecular weight is 309 g/mol. The van der Waals surface area contributed by atoms with Gasteiger partial charge in [0.15, 0.2) is 6.04 Å². The first-order valence-corrected chi connectivity index (χ1v) is 5.88. The van der Waals surface area contributed by atoms with Crippen LogP contribution in [-0.4, -0.2) is 37.8 Å². The molecule has 0 saturated carbocycles. The van der Waals surface area contributed by atoms with E-state index in [0.717, 1.165) is 17.4 Å². The van der Waals surface area contributed by atoms with Gasteiger partial charge >= 0.3 is 5.97 Å². The van der Waals surface area contributed by atoms with Crippen LogP contribution in [0.25, 0.3) is 0 Å². The number of nitrogens with zero attached hydrogens (tertiary/aromatic N) is 1. The number of quaternary nitrogens is 2. The number of halogens is 2. The predicted octanol–water partition coefficient (Wildman–Crippen LogP) is -5.26. The molecule has 4 N–H and O–H groups in total. The molecule has 4 nitrogen and oxygen atoms in total. The largest absolute Gasteiger partial charge is 1.00 e. The lowest BCUT2D eigenvalue weighted by atomic mass is 10.1. The second kappa shape index (κ2) is 9.15. The molecular formula is C13H22Cl2N2O2. The van der Waals surface area contributed by atoms with Crippen LogP contribution in [0.4, 0.5) is 5.69 Å². The molecule has 0 bridgehead atoms. The van der Waals surface area contributed by atoms with Crippen molar-refractivity contribution in [2.45, 2.75) is 18.9 Å². The Balaban J connectivity index is 0. The Bertz CT molecular complexity index is 372. The summed E-state index contributed by atoms with van der Waals surface area (Å²) in [4.78, 5) is 10.7. The van der Waals surface area contributed by atoms with Gasteiger partial charge < -0.3 is 35.7 Å². The van der Waals surface area contributed by atoms with Crippen molar-refractivity contribution in [3.05, 3.63) is 30.3 Å². The van der Waals surface area contributed by atoms with E-state index >= 15 is 0 Å². The summed E-state index contributed by atoms with van der Waals surface area (Å²) in [5.74, 6) is -0.810. The van der Waals surface area contributed by atoms with Crippen molar-refractivity contribution in [3.8, 4) is 0 Å². The van der Waals surface area contributed by atoms with Gasteiger partial charge in [-0.2, -0.15) is 0 Å². The fraction of sp³-hybridized carbons (Fsp3) is 0.462. The quantitative estimate of drug-likeness (QED) is 0.516. The van der Waals surface area contributed by atoms with Crippen molar-refractivity contribution in [2.24, 2.45) is 0 Å². The molecule has 19 heavy (non-hydrogen) atoms. The van der Waals surface area contributed by atoms with Gasteiger partial charge in [0.2, 0.25) is 0 Å². The molecule has 0 spiro atoms. The van der Waals surface area contributed by atoms with E-state index in [9.17, 15) is 4.79 Å². The SMILES string of the molecule is C[N+](C)(CCC[C@H]([NH3+])C(=O)O)c1ccccc1.[Cl-].[Cl-]. The van der Waals surface area contributed by atoms with E-state index in [4.69, 9.17) is 5.11 Å². The maximum atomic E-state index is 10.7. The van der Waals surface area contributed by atoms with Crippen molar-refractivity contribution in [1.82, 2.24) is 4.48 Å². The standard InChI is InChI=1S/C13H20N2O2.2ClH/c1-15(2,11-7-4-3-5-8-11)10-6-9-12(14)13(16)17;;/h3-5,7-8,12H,6,9-10,14H2,1-2H3;2*1H/t12-;;/m0../s1. The summed E-state index contributed by atoms with van der Waals surface area (Å²) in [5, 5.41) is 8.76. The van der Waals surface area contributed by atoms with Crippen LogP contribution >= 0.6 is 0 Å². The minimum atomic E-state index is -0.810. The van der Waals surface area contributed by atoms with Crippen molar-refractivity contribution in [2.75, 3.05) is 20.6 Å². The molecule has 110 valence electrons. The van der Waals surface area contributed by atoms with Gasteiger partial charge in [0.1, 0.15) is 5.69 Å². The van der Waals surface area contributed by atoms with Crippen molar-refractivity contribution in [1.29, 1.82) is 0 Å². The summed E-state index contributed by atoms with van der Waals surface area (Å²) in [6.45, 7) is 0.920. The van der Waals surface area contributed by atoms with Crippen LogP contribution in [0.2, 0.25) is 0 Å². The zero-order chi connectivity index (χ0) is 12.9. The number of rotatable bonds is 6. The molecule has 0 saturated heterocycles. The van der Waals surface area contributed by atoms with Crippen LogP contribution in [-0.2, 0) is 4.79 Å². The molecule has 0 fully saturated rings. The third-order valence-corrected chi connectivity index (χ3v) is 3.07.